The summed E-state index contributed by atoms with van der Waals surface area (Å²) in [6.45, 7) is 8.38. The van der Waals surface area contributed by atoms with Gasteiger partial charge in [-0.05, 0) is 30.2 Å². The van der Waals surface area contributed by atoms with Gasteiger partial charge in [-0.1, -0.05) is 6.92 Å². The highest BCUT2D eigenvalue weighted by molar-refractivity contribution is 6.08. The van der Waals surface area contributed by atoms with Gasteiger partial charge in [-0.25, -0.2) is 0 Å². The lowest BCUT2D eigenvalue weighted by molar-refractivity contribution is 0.0989. The molecule has 0 saturated heterocycles. The average molecular weight is 300 g/mol. The number of aryl methyl sites for hydroxylation is 1. The molecule has 0 atom stereocenters. The van der Waals surface area contributed by atoms with Crippen LogP contribution in [0.25, 0.3) is 10.9 Å². The summed E-state index contributed by atoms with van der Waals surface area (Å²) in [7, 11) is 2.02. The Morgan fingerprint density at radius 1 is 1.23 bits per heavy atom. The molecule has 2 heterocycles. The van der Waals surface area contributed by atoms with Crippen LogP contribution in [-0.2, 0) is 24.9 Å². The van der Waals surface area contributed by atoms with Gasteiger partial charge in [-0.15, -0.1) is 0 Å². The van der Waals surface area contributed by atoms with Crippen molar-refractivity contribution in [1.29, 1.82) is 0 Å². The molecule has 0 N–H and O–H groups in total. The quantitative estimate of drug-likeness (QED) is 0.607. The third kappa shape index (κ3) is 2.69. The van der Waals surface area contributed by atoms with Crippen molar-refractivity contribution in [2.45, 2.75) is 33.4 Å². The van der Waals surface area contributed by atoms with Crippen molar-refractivity contribution >= 4 is 16.7 Å². The number of hydrogen-bond donors (Lipinski definition) is 0. The third-order valence-electron chi connectivity index (χ3n) is 4.48. The standard InChI is InChI=1S/C18H24N2O2/c1-4-18(21)16-12-19(3)17-9-14-11-20(6-7-22-5-2)10-13(14)8-15(16)17/h8-9,12H,4-7,10-11H2,1-3H3. The van der Waals surface area contributed by atoms with Crippen molar-refractivity contribution in [3.63, 3.8) is 0 Å². The minimum atomic E-state index is 0.219. The van der Waals surface area contributed by atoms with Crippen LogP contribution in [0.3, 0.4) is 0 Å². The van der Waals surface area contributed by atoms with Crippen LogP contribution in [0, 0.1) is 0 Å². The Morgan fingerprint density at radius 3 is 2.64 bits per heavy atom. The summed E-state index contributed by atoms with van der Waals surface area (Å²) in [5, 5.41) is 1.10. The zero-order valence-electron chi connectivity index (χ0n) is 13.7. The molecule has 0 aliphatic carbocycles. The number of ketones is 1. The van der Waals surface area contributed by atoms with E-state index in [2.05, 4.69) is 21.6 Å². The lowest BCUT2D eigenvalue weighted by Crippen LogP contribution is -2.21. The molecule has 0 bridgehead atoms. The predicted octanol–water partition coefficient (Wildman–Crippen LogP) is 3.12. The van der Waals surface area contributed by atoms with Gasteiger partial charge in [0, 0.05) is 62.4 Å². The van der Waals surface area contributed by atoms with Crippen molar-refractivity contribution < 1.29 is 9.53 Å². The largest absolute Gasteiger partial charge is 0.380 e. The van der Waals surface area contributed by atoms with Gasteiger partial charge < -0.3 is 9.30 Å². The summed E-state index contributed by atoms with van der Waals surface area (Å²) in [6, 6.07) is 4.46. The fourth-order valence-corrected chi connectivity index (χ4v) is 3.26. The Kier molecular flexibility index (Phi) is 4.32. The zero-order valence-corrected chi connectivity index (χ0v) is 13.7. The normalized spacial score (nSPS) is 14.7. The SMILES string of the molecule is CCOCCN1Cc2cc3c(C(=O)CC)cn(C)c3cc2C1. The number of hydrogen-bond acceptors (Lipinski definition) is 3. The first-order valence-corrected chi connectivity index (χ1v) is 8.08. The number of ether oxygens (including phenoxy) is 1. The topological polar surface area (TPSA) is 34.5 Å². The molecule has 0 amide bonds. The summed E-state index contributed by atoms with van der Waals surface area (Å²) < 4.78 is 7.52. The predicted molar refractivity (Wildman–Crippen MR) is 88.1 cm³/mol. The van der Waals surface area contributed by atoms with E-state index >= 15 is 0 Å². The number of rotatable bonds is 6. The lowest BCUT2D eigenvalue weighted by Gasteiger charge is -2.13. The van der Waals surface area contributed by atoms with Gasteiger partial charge in [0.1, 0.15) is 0 Å². The average Bonchev–Trinajstić information content (AvgIpc) is 3.05. The first-order valence-electron chi connectivity index (χ1n) is 8.08. The fourth-order valence-electron chi connectivity index (χ4n) is 3.26. The summed E-state index contributed by atoms with van der Waals surface area (Å²) in [5.74, 6) is 0.219. The molecule has 0 saturated carbocycles. The van der Waals surface area contributed by atoms with Crippen LogP contribution < -0.4 is 0 Å². The number of aromatic nitrogens is 1. The van der Waals surface area contributed by atoms with E-state index in [-0.39, 0.29) is 5.78 Å². The number of benzene rings is 1. The second kappa shape index (κ2) is 6.23. The van der Waals surface area contributed by atoms with Crippen molar-refractivity contribution in [3.05, 3.63) is 35.0 Å². The van der Waals surface area contributed by atoms with E-state index in [1.165, 1.54) is 11.1 Å². The molecule has 4 nitrogen and oxygen atoms in total. The number of nitrogens with zero attached hydrogens (tertiary/aromatic N) is 2. The summed E-state index contributed by atoms with van der Waals surface area (Å²) in [5.41, 5.74) is 4.74. The molecule has 0 fully saturated rings. The molecule has 4 heteroatoms. The molecule has 0 unspecified atom stereocenters. The first kappa shape index (κ1) is 15.3. The monoisotopic (exact) mass is 300 g/mol. The van der Waals surface area contributed by atoms with E-state index in [0.717, 1.165) is 49.3 Å². The highest BCUT2D eigenvalue weighted by Crippen LogP contribution is 2.30. The van der Waals surface area contributed by atoms with Crippen LogP contribution in [0.4, 0.5) is 0 Å². The molecule has 1 aromatic heterocycles. The number of carbonyl (C=O) groups is 1. The second-order valence-electron chi connectivity index (χ2n) is 5.98. The van der Waals surface area contributed by atoms with E-state index in [4.69, 9.17) is 4.74 Å². The van der Waals surface area contributed by atoms with Gasteiger partial charge in [0.25, 0.3) is 0 Å². The molecule has 1 aliphatic rings. The van der Waals surface area contributed by atoms with Crippen molar-refractivity contribution in [3.8, 4) is 0 Å². The Morgan fingerprint density at radius 2 is 1.95 bits per heavy atom. The van der Waals surface area contributed by atoms with E-state index < -0.39 is 0 Å². The van der Waals surface area contributed by atoms with Gasteiger partial charge in [0.15, 0.2) is 5.78 Å². The van der Waals surface area contributed by atoms with E-state index in [1.807, 2.05) is 27.1 Å². The summed E-state index contributed by atoms with van der Waals surface area (Å²) in [4.78, 5) is 14.5. The Hall–Kier alpha value is -1.65. The molecule has 3 rings (SSSR count). The van der Waals surface area contributed by atoms with Crippen LogP contribution in [0.1, 0.15) is 41.8 Å². The van der Waals surface area contributed by atoms with Gasteiger partial charge in [0.05, 0.1) is 6.61 Å². The summed E-state index contributed by atoms with van der Waals surface area (Å²) in [6.07, 6.45) is 2.52. The number of Topliss-reactive ketones (excluding diaryl/α,β-unsaturated/α-hetero) is 1. The van der Waals surface area contributed by atoms with Gasteiger partial charge in [-0.2, -0.15) is 0 Å². The maximum absolute atomic E-state index is 12.1. The van der Waals surface area contributed by atoms with E-state index in [0.29, 0.717) is 6.42 Å². The molecular weight excluding hydrogens is 276 g/mol. The Labute approximate surface area is 131 Å². The second-order valence-corrected chi connectivity index (χ2v) is 5.98. The molecule has 0 radical (unpaired) electrons. The minimum Gasteiger partial charge on any atom is -0.380 e. The lowest BCUT2D eigenvalue weighted by atomic mass is 10.0. The van der Waals surface area contributed by atoms with Crippen LogP contribution in [-0.4, -0.2) is 35.0 Å². The number of carbonyl (C=O) groups excluding carboxylic acids is 1. The van der Waals surface area contributed by atoms with Gasteiger partial charge >= 0.3 is 0 Å². The maximum Gasteiger partial charge on any atom is 0.164 e. The smallest absolute Gasteiger partial charge is 0.164 e. The van der Waals surface area contributed by atoms with Crippen molar-refractivity contribution in [1.82, 2.24) is 9.47 Å². The first-order chi connectivity index (χ1) is 10.6. The van der Waals surface area contributed by atoms with Crippen LogP contribution >= 0.6 is 0 Å². The minimum absolute atomic E-state index is 0.219. The number of fused-ring (bicyclic) bond motifs is 2. The van der Waals surface area contributed by atoms with Crippen LogP contribution in [0.15, 0.2) is 18.3 Å². The Bertz CT molecular complexity index is 703. The molecule has 2 aromatic rings. The van der Waals surface area contributed by atoms with E-state index in [9.17, 15) is 4.79 Å². The van der Waals surface area contributed by atoms with Crippen LogP contribution in [0.2, 0.25) is 0 Å². The summed E-state index contributed by atoms with van der Waals surface area (Å²) >= 11 is 0. The van der Waals surface area contributed by atoms with Crippen molar-refractivity contribution in [2.24, 2.45) is 7.05 Å². The van der Waals surface area contributed by atoms with Crippen molar-refractivity contribution in [2.75, 3.05) is 19.8 Å². The molecule has 22 heavy (non-hydrogen) atoms. The third-order valence-corrected chi connectivity index (χ3v) is 4.48. The van der Waals surface area contributed by atoms with Gasteiger partial charge in [-0.3, -0.25) is 9.69 Å². The highest BCUT2D eigenvalue weighted by Gasteiger charge is 2.22. The van der Waals surface area contributed by atoms with Gasteiger partial charge in [0.2, 0.25) is 0 Å². The molecule has 1 aromatic carbocycles. The van der Waals surface area contributed by atoms with Crippen LogP contribution in [0.5, 0.6) is 0 Å². The highest BCUT2D eigenvalue weighted by atomic mass is 16.5. The molecule has 1 aliphatic heterocycles. The molecule has 0 spiro atoms. The molecular formula is C18H24N2O2. The maximum atomic E-state index is 12.1. The van der Waals surface area contributed by atoms with E-state index in [1.54, 1.807) is 0 Å². The zero-order chi connectivity index (χ0) is 15.7. The molecule has 118 valence electrons. The fraction of sp³-hybridized carbons (Fsp3) is 0.500. The Balaban J connectivity index is 1.89.